The fourth-order valence-corrected chi connectivity index (χ4v) is 3.23. The molecule has 1 aliphatic heterocycles. The van der Waals surface area contributed by atoms with Gasteiger partial charge in [0.2, 0.25) is 5.91 Å². The maximum Gasteiger partial charge on any atom is 0.420 e. The van der Waals surface area contributed by atoms with E-state index in [9.17, 15) is 23.2 Å². The summed E-state index contributed by atoms with van der Waals surface area (Å²) in [5.74, 6) is -3.08. The first-order valence-electron chi connectivity index (χ1n) is 10.2. The number of rotatable bonds is 2. The lowest BCUT2D eigenvalue weighted by molar-refractivity contribution is -0.126. The highest BCUT2D eigenvalue weighted by molar-refractivity contribution is 5.95. The minimum Gasteiger partial charge on any atom is -0.443 e. The number of carbonyl (C=O) groups excluding carboxylic acids is 3. The second-order valence-corrected chi connectivity index (χ2v) is 9.51. The summed E-state index contributed by atoms with van der Waals surface area (Å²) in [6, 6.07) is 2.65. The molecule has 7 nitrogen and oxygen atoms in total. The molecular weight excluding hydrogens is 410 g/mol. The highest BCUT2D eigenvalue weighted by atomic mass is 19.2. The molecule has 1 aromatic rings. The van der Waals surface area contributed by atoms with Crippen molar-refractivity contribution < 1.29 is 32.6 Å². The molecule has 0 bridgehead atoms. The van der Waals surface area contributed by atoms with Gasteiger partial charge in [0.25, 0.3) is 0 Å². The van der Waals surface area contributed by atoms with E-state index in [1.807, 2.05) is 0 Å². The van der Waals surface area contributed by atoms with Crippen LogP contribution in [0.4, 0.5) is 18.4 Å². The Morgan fingerprint density at radius 3 is 2.06 bits per heavy atom. The Balaban J connectivity index is 2.32. The zero-order valence-electron chi connectivity index (χ0n) is 18.8. The summed E-state index contributed by atoms with van der Waals surface area (Å²) >= 11 is 0. The number of imide groups is 1. The maximum absolute atomic E-state index is 14.3. The van der Waals surface area contributed by atoms with Crippen LogP contribution in [0.25, 0.3) is 0 Å². The number of benzene rings is 1. The molecule has 1 aliphatic rings. The third-order valence-corrected chi connectivity index (χ3v) is 4.53. The molecule has 1 aromatic carbocycles. The van der Waals surface area contributed by atoms with Gasteiger partial charge in [-0.25, -0.2) is 18.4 Å². The third kappa shape index (κ3) is 6.63. The van der Waals surface area contributed by atoms with Crippen LogP contribution in [0.2, 0.25) is 0 Å². The van der Waals surface area contributed by atoms with E-state index < -0.39 is 52.9 Å². The van der Waals surface area contributed by atoms with Crippen LogP contribution in [-0.4, -0.2) is 46.8 Å². The summed E-state index contributed by atoms with van der Waals surface area (Å²) in [6.45, 7) is 9.83. The maximum atomic E-state index is 14.3. The van der Waals surface area contributed by atoms with Crippen molar-refractivity contribution in [1.29, 1.82) is 0 Å². The second kappa shape index (κ2) is 9.20. The molecule has 0 spiro atoms. The van der Waals surface area contributed by atoms with E-state index in [0.717, 1.165) is 6.07 Å². The van der Waals surface area contributed by atoms with Gasteiger partial charge in [0.05, 0.1) is 0 Å². The van der Waals surface area contributed by atoms with Crippen molar-refractivity contribution in [1.82, 2.24) is 10.2 Å². The lowest BCUT2D eigenvalue weighted by Crippen LogP contribution is -2.54. The molecule has 1 fully saturated rings. The Morgan fingerprint density at radius 1 is 1.00 bits per heavy atom. The Kier molecular flexibility index (Phi) is 7.28. The minimum absolute atomic E-state index is 0.0327. The Bertz CT molecular complexity index is 817. The average Bonchev–Trinajstić information content (AvgIpc) is 2.77. The molecule has 0 radical (unpaired) electrons. The number of carbonyl (C=O) groups is 3. The summed E-state index contributed by atoms with van der Waals surface area (Å²) in [6.07, 6.45) is -1.77. The summed E-state index contributed by atoms with van der Waals surface area (Å²) in [4.78, 5) is 39.1. The van der Waals surface area contributed by atoms with Gasteiger partial charge in [-0.3, -0.25) is 4.79 Å². The van der Waals surface area contributed by atoms with E-state index >= 15 is 0 Å². The predicted molar refractivity (Wildman–Crippen MR) is 109 cm³/mol. The molecule has 0 aliphatic carbocycles. The first kappa shape index (κ1) is 24.6. The SMILES string of the molecule is CC(C)(C)OC(=O)N(C(=O)OC(C)(C)C)[C@@H]1CC[C@@H](c2cccc(F)c2F)CNC1=O. The summed E-state index contributed by atoms with van der Waals surface area (Å²) in [5.41, 5.74) is -1.69. The second-order valence-electron chi connectivity index (χ2n) is 9.51. The minimum atomic E-state index is -1.22. The Hall–Kier alpha value is -2.71. The van der Waals surface area contributed by atoms with Crippen LogP contribution in [-0.2, 0) is 14.3 Å². The largest absolute Gasteiger partial charge is 0.443 e. The standard InChI is InChI=1S/C22H30F2N2O5/c1-21(2,3)30-19(28)26(20(29)31-22(4,5)6)16-11-10-13(12-25-18(16)27)14-8-7-9-15(23)17(14)24/h7-9,13,16H,10-12H2,1-6H3,(H,25,27)/t13-,16-/m1/s1. The highest BCUT2D eigenvalue weighted by Gasteiger charge is 2.41. The van der Waals surface area contributed by atoms with E-state index in [1.54, 1.807) is 41.5 Å². The quantitative estimate of drug-likeness (QED) is 0.732. The van der Waals surface area contributed by atoms with Crippen molar-refractivity contribution in [2.24, 2.45) is 0 Å². The van der Waals surface area contributed by atoms with Gasteiger partial charge in [-0.15, -0.1) is 0 Å². The zero-order chi connectivity index (χ0) is 23.6. The van der Waals surface area contributed by atoms with Crippen LogP contribution in [0.1, 0.15) is 65.9 Å². The summed E-state index contributed by atoms with van der Waals surface area (Å²) in [5, 5.41) is 2.62. The number of amides is 3. The van der Waals surface area contributed by atoms with E-state index in [0.29, 0.717) is 4.90 Å². The van der Waals surface area contributed by atoms with Crippen molar-refractivity contribution in [3.05, 3.63) is 35.4 Å². The molecule has 3 amide bonds. The van der Waals surface area contributed by atoms with Crippen LogP contribution >= 0.6 is 0 Å². The number of hydrogen-bond acceptors (Lipinski definition) is 5. The molecule has 31 heavy (non-hydrogen) atoms. The summed E-state index contributed by atoms with van der Waals surface area (Å²) in [7, 11) is 0. The number of nitrogens with one attached hydrogen (secondary N) is 1. The molecule has 1 N–H and O–H groups in total. The van der Waals surface area contributed by atoms with Gasteiger partial charge in [0, 0.05) is 12.5 Å². The first-order chi connectivity index (χ1) is 14.2. The molecule has 1 saturated heterocycles. The fraction of sp³-hybridized carbons (Fsp3) is 0.591. The molecule has 2 rings (SSSR count). The molecule has 0 unspecified atom stereocenters. The normalized spacial score (nSPS) is 19.8. The van der Waals surface area contributed by atoms with Crippen LogP contribution in [0.3, 0.4) is 0 Å². The summed E-state index contributed by atoms with van der Waals surface area (Å²) < 4.78 is 38.5. The third-order valence-electron chi connectivity index (χ3n) is 4.53. The molecule has 0 aromatic heterocycles. The lowest BCUT2D eigenvalue weighted by Gasteiger charge is -2.32. The molecular formula is C22H30F2N2O5. The molecule has 2 atom stereocenters. The van der Waals surface area contributed by atoms with Crippen molar-refractivity contribution in [2.45, 2.75) is 77.5 Å². The molecule has 0 saturated carbocycles. The van der Waals surface area contributed by atoms with Crippen LogP contribution in [0.15, 0.2) is 18.2 Å². The average molecular weight is 440 g/mol. The van der Waals surface area contributed by atoms with Gasteiger partial charge in [-0.2, -0.15) is 4.90 Å². The number of ether oxygens (including phenoxy) is 2. The molecule has 9 heteroatoms. The van der Waals surface area contributed by atoms with Crippen molar-refractivity contribution in [3.63, 3.8) is 0 Å². The van der Waals surface area contributed by atoms with Crippen molar-refractivity contribution in [2.75, 3.05) is 6.54 Å². The molecule has 172 valence electrons. The Morgan fingerprint density at radius 2 is 1.55 bits per heavy atom. The van der Waals surface area contributed by atoms with Gasteiger partial charge >= 0.3 is 12.2 Å². The monoisotopic (exact) mass is 440 g/mol. The fourth-order valence-electron chi connectivity index (χ4n) is 3.23. The van der Waals surface area contributed by atoms with Crippen LogP contribution in [0, 0.1) is 11.6 Å². The van der Waals surface area contributed by atoms with Crippen molar-refractivity contribution >= 4 is 18.1 Å². The first-order valence-corrected chi connectivity index (χ1v) is 10.2. The molecule has 1 heterocycles. The number of hydrogen-bond donors (Lipinski definition) is 1. The highest BCUT2D eigenvalue weighted by Crippen LogP contribution is 2.29. The van der Waals surface area contributed by atoms with E-state index in [-0.39, 0.29) is 24.9 Å². The number of halogens is 2. The Labute approximate surface area is 181 Å². The number of nitrogens with zero attached hydrogens (tertiary/aromatic N) is 1. The van der Waals surface area contributed by atoms with Gasteiger partial charge in [0.1, 0.15) is 17.2 Å². The van der Waals surface area contributed by atoms with E-state index in [4.69, 9.17) is 9.47 Å². The lowest BCUT2D eigenvalue weighted by atomic mass is 9.93. The van der Waals surface area contributed by atoms with E-state index in [1.165, 1.54) is 12.1 Å². The van der Waals surface area contributed by atoms with Gasteiger partial charge in [-0.1, -0.05) is 12.1 Å². The van der Waals surface area contributed by atoms with Crippen LogP contribution in [0.5, 0.6) is 0 Å². The zero-order valence-corrected chi connectivity index (χ0v) is 18.8. The van der Waals surface area contributed by atoms with Crippen LogP contribution < -0.4 is 5.32 Å². The topological polar surface area (TPSA) is 84.9 Å². The smallest absolute Gasteiger partial charge is 0.420 e. The van der Waals surface area contributed by atoms with Gasteiger partial charge < -0.3 is 14.8 Å². The van der Waals surface area contributed by atoms with Gasteiger partial charge in [0.15, 0.2) is 11.6 Å². The van der Waals surface area contributed by atoms with Crippen molar-refractivity contribution in [3.8, 4) is 0 Å². The van der Waals surface area contributed by atoms with E-state index in [2.05, 4.69) is 5.32 Å². The van der Waals surface area contributed by atoms with Gasteiger partial charge in [-0.05, 0) is 66.0 Å². The predicted octanol–water partition coefficient (Wildman–Crippen LogP) is 4.50.